The van der Waals surface area contributed by atoms with Gasteiger partial charge in [-0.1, -0.05) is 5.21 Å². The number of hydrogen-bond acceptors (Lipinski definition) is 6. The number of hydrazine groups is 1. The van der Waals surface area contributed by atoms with E-state index in [9.17, 15) is 0 Å². The second-order valence-electron chi connectivity index (χ2n) is 3.05. The Labute approximate surface area is 86.3 Å². The third kappa shape index (κ3) is 1.83. The molecule has 0 bridgehead atoms. The Bertz CT molecular complexity index is 424. The fourth-order valence-electron chi connectivity index (χ4n) is 1.37. The van der Waals surface area contributed by atoms with E-state index < -0.39 is 0 Å². The predicted molar refractivity (Wildman–Crippen MR) is 52.2 cm³/mol. The van der Waals surface area contributed by atoms with Gasteiger partial charge in [0.05, 0.1) is 17.9 Å². The van der Waals surface area contributed by atoms with Gasteiger partial charge in [0.15, 0.2) is 0 Å². The lowest BCUT2D eigenvalue weighted by Gasteiger charge is -2.14. The Morgan fingerprint density at radius 3 is 2.60 bits per heavy atom. The van der Waals surface area contributed by atoms with E-state index in [1.807, 2.05) is 0 Å². The Kier molecular flexibility index (Phi) is 2.66. The van der Waals surface area contributed by atoms with Gasteiger partial charge in [0.25, 0.3) is 0 Å². The Balaban J connectivity index is 2.37. The van der Waals surface area contributed by atoms with Crippen molar-refractivity contribution < 1.29 is 0 Å². The van der Waals surface area contributed by atoms with Crippen molar-refractivity contribution in [3.8, 4) is 0 Å². The molecule has 0 aliphatic heterocycles. The molecule has 7 nitrogen and oxygen atoms in total. The third-order valence-corrected chi connectivity index (χ3v) is 2.13. The first kappa shape index (κ1) is 9.69. The van der Waals surface area contributed by atoms with Crippen LogP contribution in [-0.2, 0) is 7.05 Å². The Hall–Kier alpha value is -1.86. The van der Waals surface area contributed by atoms with Crippen molar-refractivity contribution in [2.24, 2.45) is 12.9 Å². The monoisotopic (exact) mass is 205 g/mol. The highest BCUT2D eigenvalue weighted by molar-refractivity contribution is 5.20. The molecule has 7 heteroatoms. The standard InChI is InChI=1S/C8H11N7/c1-15-7(4-12-14-15)8(13-9)6-2-10-5-11-3-6/h2-5,8,13H,9H2,1H3. The van der Waals surface area contributed by atoms with E-state index >= 15 is 0 Å². The van der Waals surface area contributed by atoms with Crippen molar-refractivity contribution in [3.63, 3.8) is 0 Å². The van der Waals surface area contributed by atoms with Gasteiger partial charge in [0.2, 0.25) is 0 Å². The number of nitrogens with two attached hydrogens (primary N) is 1. The molecule has 2 rings (SSSR count). The molecule has 0 amide bonds. The minimum Gasteiger partial charge on any atom is -0.271 e. The SMILES string of the molecule is Cn1nncc1C(NN)c1cncnc1. The molecule has 15 heavy (non-hydrogen) atoms. The van der Waals surface area contributed by atoms with Crippen LogP contribution in [0, 0.1) is 0 Å². The second kappa shape index (κ2) is 4.11. The highest BCUT2D eigenvalue weighted by Crippen LogP contribution is 2.17. The van der Waals surface area contributed by atoms with Crippen LogP contribution in [0.15, 0.2) is 24.9 Å². The van der Waals surface area contributed by atoms with Crippen LogP contribution in [0.25, 0.3) is 0 Å². The molecule has 2 aromatic heterocycles. The zero-order chi connectivity index (χ0) is 10.7. The zero-order valence-electron chi connectivity index (χ0n) is 8.20. The molecule has 1 atom stereocenters. The summed E-state index contributed by atoms with van der Waals surface area (Å²) < 4.78 is 1.65. The fraction of sp³-hybridized carbons (Fsp3) is 0.250. The van der Waals surface area contributed by atoms with Crippen molar-refractivity contribution in [2.45, 2.75) is 6.04 Å². The molecule has 2 heterocycles. The molecular formula is C8H11N7. The van der Waals surface area contributed by atoms with Crippen LogP contribution in [0.5, 0.6) is 0 Å². The van der Waals surface area contributed by atoms with Crippen LogP contribution in [0.1, 0.15) is 17.3 Å². The zero-order valence-corrected chi connectivity index (χ0v) is 8.20. The van der Waals surface area contributed by atoms with E-state index in [4.69, 9.17) is 5.84 Å². The molecule has 0 aliphatic rings. The van der Waals surface area contributed by atoms with Gasteiger partial charge < -0.3 is 0 Å². The lowest BCUT2D eigenvalue weighted by Crippen LogP contribution is -2.30. The van der Waals surface area contributed by atoms with Gasteiger partial charge in [-0.05, 0) is 0 Å². The summed E-state index contributed by atoms with van der Waals surface area (Å²) in [6, 6.07) is -0.203. The van der Waals surface area contributed by atoms with Crippen molar-refractivity contribution >= 4 is 0 Å². The van der Waals surface area contributed by atoms with Gasteiger partial charge >= 0.3 is 0 Å². The summed E-state index contributed by atoms with van der Waals surface area (Å²) in [5, 5.41) is 7.63. The minimum absolute atomic E-state index is 0.203. The molecule has 2 aromatic rings. The maximum atomic E-state index is 5.49. The molecule has 78 valence electrons. The first-order valence-electron chi connectivity index (χ1n) is 4.38. The van der Waals surface area contributed by atoms with Crippen LogP contribution in [-0.4, -0.2) is 25.0 Å². The first-order chi connectivity index (χ1) is 7.33. The van der Waals surface area contributed by atoms with Gasteiger partial charge in [0.1, 0.15) is 6.33 Å². The number of nitrogens with one attached hydrogen (secondary N) is 1. The highest BCUT2D eigenvalue weighted by atomic mass is 15.4. The van der Waals surface area contributed by atoms with E-state index in [1.165, 1.54) is 6.33 Å². The van der Waals surface area contributed by atoms with Crippen LogP contribution < -0.4 is 11.3 Å². The Morgan fingerprint density at radius 2 is 2.07 bits per heavy atom. The summed E-state index contributed by atoms with van der Waals surface area (Å²) in [6.45, 7) is 0. The number of aryl methyl sites for hydroxylation is 1. The smallest absolute Gasteiger partial charge is 0.115 e. The summed E-state index contributed by atoms with van der Waals surface area (Å²) in [5.74, 6) is 5.49. The molecule has 0 fully saturated rings. The molecular weight excluding hydrogens is 194 g/mol. The van der Waals surface area contributed by atoms with Crippen LogP contribution in [0.2, 0.25) is 0 Å². The summed E-state index contributed by atoms with van der Waals surface area (Å²) in [6.07, 6.45) is 6.52. The molecule has 0 aromatic carbocycles. The number of aromatic nitrogens is 5. The first-order valence-corrected chi connectivity index (χ1v) is 4.38. The quantitative estimate of drug-likeness (QED) is 0.501. The van der Waals surface area contributed by atoms with E-state index in [-0.39, 0.29) is 6.04 Å². The van der Waals surface area contributed by atoms with E-state index in [2.05, 4.69) is 25.7 Å². The Morgan fingerprint density at radius 1 is 1.33 bits per heavy atom. The van der Waals surface area contributed by atoms with Crippen molar-refractivity contribution in [1.82, 2.24) is 30.4 Å². The van der Waals surface area contributed by atoms with Crippen LogP contribution >= 0.6 is 0 Å². The highest BCUT2D eigenvalue weighted by Gasteiger charge is 2.16. The molecule has 0 aliphatic carbocycles. The number of hydrogen-bond donors (Lipinski definition) is 2. The average molecular weight is 205 g/mol. The molecule has 1 unspecified atom stereocenters. The molecule has 0 saturated heterocycles. The largest absolute Gasteiger partial charge is 0.271 e. The maximum absolute atomic E-state index is 5.49. The minimum atomic E-state index is -0.203. The normalized spacial score (nSPS) is 12.7. The summed E-state index contributed by atoms with van der Waals surface area (Å²) in [4.78, 5) is 7.87. The lowest BCUT2D eigenvalue weighted by atomic mass is 10.1. The maximum Gasteiger partial charge on any atom is 0.115 e. The fourth-order valence-corrected chi connectivity index (χ4v) is 1.37. The summed E-state index contributed by atoms with van der Waals surface area (Å²) in [5.41, 5.74) is 4.40. The predicted octanol–water partition coefficient (Wildman–Crippen LogP) is -0.842. The average Bonchev–Trinajstić information content (AvgIpc) is 2.68. The van der Waals surface area contributed by atoms with Gasteiger partial charge in [-0.25, -0.2) is 15.4 Å². The van der Waals surface area contributed by atoms with E-state index in [0.29, 0.717) is 0 Å². The van der Waals surface area contributed by atoms with Crippen molar-refractivity contribution in [1.29, 1.82) is 0 Å². The van der Waals surface area contributed by atoms with E-state index in [1.54, 1.807) is 30.3 Å². The van der Waals surface area contributed by atoms with Gasteiger partial charge in [0, 0.05) is 25.0 Å². The van der Waals surface area contributed by atoms with Gasteiger partial charge in [-0.3, -0.25) is 10.5 Å². The molecule has 0 radical (unpaired) electrons. The summed E-state index contributed by atoms with van der Waals surface area (Å²) in [7, 11) is 1.80. The lowest BCUT2D eigenvalue weighted by molar-refractivity contribution is 0.567. The van der Waals surface area contributed by atoms with Crippen LogP contribution in [0.3, 0.4) is 0 Å². The number of nitrogens with zero attached hydrogens (tertiary/aromatic N) is 5. The van der Waals surface area contributed by atoms with Gasteiger partial charge in [-0.2, -0.15) is 0 Å². The molecule has 0 saturated carbocycles. The third-order valence-electron chi connectivity index (χ3n) is 2.13. The topological polar surface area (TPSA) is 94.5 Å². The van der Waals surface area contributed by atoms with Crippen molar-refractivity contribution in [2.75, 3.05) is 0 Å². The van der Waals surface area contributed by atoms with E-state index in [0.717, 1.165) is 11.3 Å². The molecule has 3 N–H and O–H groups in total. The van der Waals surface area contributed by atoms with Gasteiger partial charge in [-0.15, -0.1) is 5.10 Å². The summed E-state index contributed by atoms with van der Waals surface area (Å²) >= 11 is 0. The van der Waals surface area contributed by atoms with Crippen LogP contribution in [0.4, 0.5) is 0 Å². The second-order valence-corrected chi connectivity index (χ2v) is 3.05. The number of rotatable bonds is 3. The van der Waals surface area contributed by atoms with Crippen molar-refractivity contribution in [3.05, 3.63) is 36.2 Å². The molecule has 0 spiro atoms.